The molecule has 2 amide bonds. The van der Waals surface area contributed by atoms with Crippen molar-refractivity contribution in [2.24, 2.45) is 17.8 Å². The maximum Gasteiger partial charge on any atom is 0.264 e. The zero-order chi connectivity index (χ0) is 35.1. The fourth-order valence-electron chi connectivity index (χ4n) is 8.38. The number of halogens is 1. The molecule has 0 unspecified atom stereocenters. The van der Waals surface area contributed by atoms with Crippen LogP contribution < -0.4 is 14.4 Å². The summed E-state index contributed by atoms with van der Waals surface area (Å²) in [6.07, 6.45) is 9.40. The molecular weight excluding hydrogens is 662 g/mol. The molecule has 2 aliphatic heterocycles. The number of benzene rings is 2. The Labute approximate surface area is 296 Å². The van der Waals surface area contributed by atoms with E-state index >= 15 is 0 Å². The number of carbonyl (C=O) groups excluding carboxylic acids is 2. The lowest BCUT2D eigenvalue weighted by molar-refractivity contribution is -0.141. The average molecular weight is 712 g/mol. The van der Waals surface area contributed by atoms with Crippen LogP contribution in [0.5, 0.6) is 5.75 Å². The molecule has 1 saturated carbocycles. The number of nitrogens with zero attached hydrogens (tertiary/aromatic N) is 2. The smallest absolute Gasteiger partial charge is 0.264 e. The number of fused-ring (bicyclic) bond motifs is 4. The van der Waals surface area contributed by atoms with Crippen molar-refractivity contribution in [1.29, 1.82) is 0 Å². The summed E-state index contributed by atoms with van der Waals surface area (Å²) in [5.41, 5.74) is 2.34. The number of aryl methyl sites for hydroxylation is 1. The Morgan fingerprint density at radius 2 is 1.98 bits per heavy atom. The standard InChI is InChI=1S/C38H50ClN3O6S/c1-6-41(4)35(43)21-38(47-5)18-7-9-25(2)26(3)49(45,46)40-36(44)28-12-16-34-33(20-28)42(22-29-11-14-32(29)38)23-37(24-48-34)17-8-10-27-19-30(39)13-15-31(27)37/h7,12-13,15-16,18-20,25-26,29,32H,6,8-11,14,17,21-24H2,1-5H3,(H,40,44)/b18-7+/t25-,26+,29-,32+,37-,38+/m0/s1. The van der Waals surface area contributed by atoms with Crippen molar-refractivity contribution >= 4 is 39.1 Å². The zero-order valence-corrected chi connectivity index (χ0v) is 30.9. The fourth-order valence-corrected chi connectivity index (χ4v) is 9.86. The molecule has 9 nitrogen and oxygen atoms in total. The summed E-state index contributed by atoms with van der Waals surface area (Å²) < 4.78 is 42.3. The van der Waals surface area contributed by atoms with Crippen molar-refractivity contribution < 1.29 is 27.5 Å². The molecule has 266 valence electrons. The minimum absolute atomic E-state index is 0.00958. The number of carbonyl (C=O) groups is 2. The molecule has 0 radical (unpaired) electrons. The highest BCUT2D eigenvalue weighted by atomic mass is 35.5. The van der Waals surface area contributed by atoms with Crippen LogP contribution in [0.15, 0.2) is 48.6 Å². The molecule has 2 aromatic carbocycles. The highest BCUT2D eigenvalue weighted by molar-refractivity contribution is 7.90. The highest BCUT2D eigenvalue weighted by Crippen LogP contribution is 2.50. The first-order chi connectivity index (χ1) is 23.3. The second-order valence-corrected chi connectivity index (χ2v) is 17.2. The molecule has 2 aliphatic carbocycles. The Balaban J connectivity index is 1.46. The minimum Gasteiger partial charge on any atom is -0.490 e. The molecule has 1 spiro atoms. The number of sulfonamides is 1. The van der Waals surface area contributed by atoms with Crippen LogP contribution in [0.2, 0.25) is 5.02 Å². The predicted molar refractivity (Wildman–Crippen MR) is 193 cm³/mol. The van der Waals surface area contributed by atoms with E-state index in [1.54, 1.807) is 37.1 Å². The third-order valence-corrected chi connectivity index (χ3v) is 14.1. The van der Waals surface area contributed by atoms with Crippen molar-refractivity contribution in [3.8, 4) is 5.75 Å². The Hall–Kier alpha value is -3.08. The van der Waals surface area contributed by atoms with Gasteiger partial charge >= 0.3 is 0 Å². The van der Waals surface area contributed by atoms with E-state index in [4.69, 9.17) is 21.1 Å². The van der Waals surface area contributed by atoms with Crippen LogP contribution in [-0.2, 0) is 31.4 Å². The van der Waals surface area contributed by atoms with Crippen LogP contribution >= 0.6 is 11.6 Å². The van der Waals surface area contributed by atoms with E-state index in [9.17, 15) is 18.0 Å². The second kappa shape index (κ2) is 13.9. The molecule has 0 saturated heterocycles. The molecule has 6 atom stereocenters. The van der Waals surface area contributed by atoms with Crippen molar-refractivity contribution in [2.75, 3.05) is 45.3 Å². The van der Waals surface area contributed by atoms with E-state index in [0.717, 1.165) is 42.8 Å². The zero-order valence-electron chi connectivity index (χ0n) is 29.3. The van der Waals surface area contributed by atoms with Crippen LogP contribution in [0.1, 0.15) is 80.8 Å². The van der Waals surface area contributed by atoms with E-state index in [-0.39, 0.29) is 41.1 Å². The number of hydrogen-bond donors (Lipinski definition) is 1. The molecule has 0 aromatic heterocycles. The normalized spacial score (nSPS) is 31.6. The van der Waals surface area contributed by atoms with E-state index in [1.165, 1.54) is 11.1 Å². The Bertz CT molecular complexity index is 1730. The van der Waals surface area contributed by atoms with Crippen molar-refractivity contribution in [3.05, 3.63) is 70.3 Å². The van der Waals surface area contributed by atoms with Gasteiger partial charge in [-0.05, 0) is 112 Å². The summed E-state index contributed by atoms with van der Waals surface area (Å²) in [5, 5.41) is -0.117. The third-order valence-electron chi connectivity index (χ3n) is 11.9. The third kappa shape index (κ3) is 6.85. The first-order valence-corrected chi connectivity index (χ1v) is 19.6. The van der Waals surface area contributed by atoms with Gasteiger partial charge in [-0.25, -0.2) is 13.1 Å². The lowest BCUT2D eigenvalue weighted by Crippen LogP contribution is -2.54. The largest absolute Gasteiger partial charge is 0.490 e. The van der Waals surface area contributed by atoms with E-state index in [2.05, 4.69) is 21.8 Å². The van der Waals surface area contributed by atoms with Crippen molar-refractivity contribution in [1.82, 2.24) is 9.62 Å². The molecule has 2 aromatic rings. The Kier molecular flexibility index (Phi) is 10.1. The van der Waals surface area contributed by atoms with Crippen LogP contribution in [0.3, 0.4) is 0 Å². The lowest BCUT2D eigenvalue weighted by Gasteiger charge is -2.50. The van der Waals surface area contributed by atoms with Gasteiger partial charge < -0.3 is 19.3 Å². The number of rotatable bonds is 4. The fraction of sp³-hybridized carbons (Fsp3) is 0.579. The van der Waals surface area contributed by atoms with Gasteiger partial charge in [-0.3, -0.25) is 9.59 Å². The Morgan fingerprint density at radius 3 is 2.69 bits per heavy atom. The summed E-state index contributed by atoms with van der Waals surface area (Å²) >= 11 is 6.45. The van der Waals surface area contributed by atoms with Gasteiger partial charge in [0.05, 0.1) is 29.6 Å². The summed E-state index contributed by atoms with van der Waals surface area (Å²) in [7, 11) is -0.498. The maximum absolute atomic E-state index is 13.5. The SMILES string of the molecule is CCN(C)C(=O)C[C@]1(OC)/C=C/C[C@H](C)[C@@H](C)S(=O)(=O)NC(=O)c2ccc3c(c2)N(C[C@@H]2CC[C@H]21)C[C@@]1(CCCc2cc(Cl)ccc21)CO3. The summed E-state index contributed by atoms with van der Waals surface area (Å²) in [5.74, 6) is -0.0259. The van der Waals surface area contributed by atoms with E-state index < -0.39 is 26.8 Å². The van der Waals surface area contributed by atoms with Crippen molar-refractivity contribution in [3.63, 3.8) is 0 Å². The first kappa shape index (κ1) is 35.7. The number of allylic oxidation sites excluding steroid dienone is 1. The molecule has 6 rings (SSSR count). The number of nitrogens with one attached hydrogen (secondary N) is 1. The van der Waals surface area contributed by atoms with Crippen LogP contribution in [0.4, 0.5) is 5.69 Å². The predicted octanol–water partition coefficient (Wildman–Crippen LogP) is 6.14. The molecule has 2 bridgehead atoms. The molecule has 11 heteroatoms. The molecular formula is C38H50ClN3O6S. The number of methoxy groups -OCH3 is 1. The molecule has 4 aliphatic rings. The van der Waals surface area contributed by atoms with E-state index in [1.807, 2.05) is 39.1 Å². The number of anilines is 1. The summed E-state index contributed by atoms with van der Waals surface area (Å²) in [6, 6.07) is 11.4. The molecule has 1 N–H and O–H groups in total. The molecule has 1 fully saturated rings. The number of hydrogen-bond acceptors (Lipinski definition) is 7. The lowest BCUT2D eigenvalue weighted by atomic mass is 9.62. The second-order valence-electron chi connectivity index (χ2n) is 14.8. The van der Waals surface area contributed by atoms with Gasteiger partial charge in [-0.2, -0.15) is 0 Å². The van der Waals surface area contributed by atoms with Gasteiger partial charge in [-0.1, -0.05) is 36.7 Å². The van der Waals surface area contributed by atoms with Crippen LogP contribution in [0.25, 0.3) is 0 Å². The van der Waals surface area contributed by atoms with Crippen molar-refractivity contribution in [2.45, 2.75) is 82.0 Å². The van der Waals surface area contributed by atoms with Crippen LogP contribution in [0, 0.1) is 17.8 Å². The summed E-state index contributed by atoms with van der Waals surface area (Å²) in [4.78, 5) is 31.1. The number of ether oxygens (including phenoxy) is 2. The van der Waals surface area contributed by atoms with Gasteiger partial charge in [0.1, 0.15) is 5.75 Å². The molecule has 2 heterocycles. The van der Waals surface area contributed by atoms with Gasteiger partial charge in [0.25, 0.3) is 5.91 Å². The molecule has 49 heavy (non-hydrogen) atoms. The van der Waals surface area contributed by atoms with Gasteiger partial charge in [0.15, 0.2) is 0 Å². The topological polar surface area (TPSA) is 105 Å². The summed E-state index contributed by atoms with van der Waals surface area (Å²) in [6.45, 7) is 7.84. The van der Waals surface area contributed by atoms with Gasteiger partial charge in [-0.15, -0.1) is 0 Å². The Morgan fingerprint density at radius 1 is 1.18 bits per heavy atom. The quantitative estimate of drug-likeness (QED) is 0.380. The first-order valence-electron chi connectivity index (χ1n) is 17.6. The van der Waals surface area contributed by atoms with Crippen LogP contribution in [-0.4, -0.2) is 76.4 Å². The van der Waals surface area contributed by atoms with Gasteiger partial charge in [0, 0.05) is 49.8 Å². The average Bonchev–Trinajstić information content (AvgIpc) is 3.21. The minimum atomic E-state index is -3.99. The van der Waals surface area contributed by atoms with E-state index in [0.29, 0.717) is 38.4 Å². The number of amides is 2. The van der Waals surface area contributed by atoms with Gasteiger partial charge in [0.2, 0.25) is 15.9 Å². The highest BCUT2D eigenvalue weighted by Gasteiger charge is 2.50. The maximum atomic E-state index is 13.5. The monoisotopic (exact) mass is 711 g/mol.